The van der Waals surface area contributed by atoms with Crippen molar-refractivity contribution in [1.82, 2.24) is 24.5 Å². The van der Waals surface area contributed by atoms with Gasteiger partial charge in [0.25, 0.3) is 0 Å². The summed E-state index contributed by atoms with van der Waals surface area (Å²) >= 11 is 3.28. The molecule has 0 fully saturated rings. The highest BCUT2D eigenvalue weighted by Gasteiger charge is 2.19. The van der Waals surface area contributed by atoms with Crippen molar-refractivity contribution in [3.63, 3.8) is 0 Å². The highest BCUT2D eigenvalue weighted by molar-refractivity contribution is 9.10. The van der Waals surface area contributed by atoms with Gasteiger partial charge < -0.3 is 9.47 Å². The summed E-state index contributed by atoms with van der Waals surface area (Å²) in [5.74, 6) is 1.16. The molecule has 1 N–H and O–H groups in total. The maximum absolute atomic E-state index is 12.6. The largest absolute Gasteiger partial charge is 0.495 e. The number of hydrogen-bond donors (Lipinski definition) is 1. The summed E-state index contributed by atoms with van der Waals surface area (Å²) in [5, 5.41) is 12.7. The zero-order valence-electron chi connectivity index (χ0n) is 16.4. The summed E-state index contributed by atoms with van der Waals surface area (Å²) in [6.45, 7) is 0.127. The Balaban J connectivity index is 1.44. The van der Waals surface area contributed by atoms with Crippen LogP contribution in [0.25, 0.3) is 17.0 Å². The van der Waals surface area contributed by atoms with Crippen LogP contribution in [0.2, 0.25) is 0 Å². The van der Waals surface area contributed by atoms with Crippen molar-refractivity contribution < 1.29 is 17.9 Å². The number of methoxy groups -OCH3 is 1. The highest BCUT2D eigenvalue weighted by atomic mass is 79.9. The van der Waals surface area contributed by atoms with Crippen LogP contribution in [0.15, 0.2) is 70.0 Å². The summed E-state index contributed by atoms with van der Waals surface area (Å²) < 4.78 is 40.7. The van der Waals surface area contributed by atoms with Gasteiger partial charge in [-0.25, -0.2) is 13.1 Å². The van der Waals surface area contributed by atoms with Crippen LogP contribution < -0.4 is 14.2 Å². The third-order valence-electron chi connectivity index (χ3n) is 4.33. The van der Waals surface area contributed by atoms with E-state index >= 15 is 0 Å². The highest BCUT2D eigenvalue weighted by Crippen LogP contribution is 2.27. The molecule has 0 aliphatic rings. The third-order valence-corrected chi connectivity index (χ3v) is 6.31. The fourth-order valence-corrected chi connectivity index (χ4v) is 4.60. The van der Waals surface area contributed by atoms with Crippen molar-refractivity contribution in [2.45, 2.75) is 4.90 Å². The van der Waals surface area contributed by atoms with Gasteiger partial charge in [0.2, 0.25) is 15.9 Å². The molecule has 0 radical (unpaired) electrons. The van der Waals surface area contributed by atoms with E-state index in [9.17, 15) is 8.42 Å². The molecular weight excluding hydrogens is 486 g/mol. The monoisotopic (exact) mass is 503 g/mol. The van der Waals surface area contributed by atoms with E-state index in [1.807, 2.05) is 30.3 Å². The molecule has 0 aliphatic heterocycles. The van der Waals surface area contributed by atoms with Crippen molar-refractivity contribution in [3.8, 4) is 23.0 Å². The number of hydrogen-bond acceptors (Lipinski definition) is 7. The Bertz CT molecular complexity index is 1310. The molecule has 0 unspecified atom stereocenters. The molecule has 11 heteroatoms. The number of nitrogens with zero attached hydrogens (tertiary/aromatic N) is 4. The molecule has 0 aliphatic carbocycles. The Hall–Kier alpha value is -3.02. The molecule has 2 aromatic carbocycles. The Kier molecular flexibility index (Phi) is 6.16. The number of nitrogens with one attached hydrogen (secondary N) is 1. The Labute approximate surface area is 187 Å². The average molecular weight is 504 g/mol. The molecule has 4 rings (SSSR count). The Morgan fingerprint density at radius 3 is 2.65 bits per heavy atom. The average Bonchev–Trinajstić information content (AvgIpc) is 3.20. The van der Waals surface area contributed by atoms with Crippen LogP contribution in [-0.2, 0) is 10.0 Å². The van der Waals surface area contributed by atoms with Crippen molar-refractivity contribution in [2.75, 3.05) is 20.3 Å². The van der Waals surface area contributed by atoms with Crippen molar-refractivity contribution in [2.24, 2.45) is 0 Å². The SMILES string of the molecule is COc1ccc(Br)cc1S(=O)(=O)NCCOc1ccc2nnc(-c3ccccc3)n2n1. The van der Waals surface area contributed by atoms with E-state index < -0.39 is 10.0 Å². The lowest BCUT2D eigenvalue weighted by Crippen LogP contribution is -2.28. The Morgan fingerprint density at radius 1 is 1.06 bits per heavy atom. The van der Waals surface area contributed by atoms with Crippen LogP contribution in [-0.4, -0.2) is 48.5 Å². The molecule has 160 valence electrons. The lowest BCUT2D eigenvalue weighted by atomic mass is 10.2. The first kappa shape index (κ1) is 21.2. The van der Waals surface area contributed by atoms with Crippen LogP contribution in [0, 0.1) is 0 Å². The van der Waals surface area contributed by atoms with Gasteiger partial charge >= 0.3 is 0 Å². The lowest BCUT2D eigenvalue weighted by molar-refractivity contribution is 0.305. The van der Waals surface area contributed by atoms with Gasteiger partial charge in [-0.2, -0.15) is 4.52 Å². The summed E-state index contributed by atoms with van der Waals surface area (Å²) in [7, 11) is -2.36. The van der Waals surface area contributed by atoms with Crippen LogP contribution in [0.3, 0.4) is 0 Å². The zero-order chi connectivity index (χ0) is 21.8. The molecule has 31 heavy (non-hydrogen) atoms. The molecule has 0 spiro atoms. The number of fused-ring (bicyclic) bond motifs is 1. The molecule has 0 saturated carbocycles. The molecule has 0 atom stereocenters. The fraction of sp³-hybridized carbons (Fsp3) is 0.150. The molecule has 0 saturated heterocycles. The molecule has 2 aromatic heterocycles. The number of sulfonamides is 1. The third kappa shape index (κ3) is 4.68. The fourth-order valence-electron chi connectivity index (χ4n) is 2.89. The topological polar surface area (TPSA) is 108 Å². The maximum Gasteiger partial charge on any atom is 0.244 e. The van der Waals surface area contributed by atoms with Crippen LogP contribution in [0.5, 0.6) is 11.6 Å². The number of halogens is 1. The van der Waals surface area contributed by atoms with Crippen LogP contribution >= 0.6 is 15.9 Å². The van der Waals surface area contributed by atoms with E-state index in [-0.39, 0.29) is 23.8 Å². The first-order valence-corrected chi connectivity index (χ1v) is 11.5. The predicted octanol–water partition coefficient (Wildman–Crippen LogP) is 2.92. The van der Waals surface area contributed by atoms with Crippen molar-refractivity contribution in [3.05, 3.63) is 65.1 Å². The minimum Gasteiger partial charge on any atom is -0.495 e. The number of benzene rings is 2. The second-order valence-corrected chi connectivity index (χ2v) is 9.02. The summed E-state index contributed by atoms with van der Waals surface area (Å²) in [6, 6.07) is 17.7. The van der Waals surface area contributed by atoms with Crippen molar-refractivity contribution >= 4 is 31.6 Å². The standard InChI is InChI=1S/C20H18BrN5O4S/c1-29-16-8-7-15(21)13-17(16)31(27,28)22-11-12-30-19-10-9-18-23-24-20(26(18)25-19)14-5-3-2-4-6-14/h2-10,13,22H,11-12H2,1H3. The molecule has 0 bridgehead atoms. The van der Waals surface area contributed by atoms with E-state index in [0.29, 0.717) is 21.8 Å². The van der Waals surface area contributed by atoms with E-state index in [1.165, 1.54) is 13.2 Å². The summed E-state index contributed by atoms with van der Waals surface area (Å²) in [4.78, 5) is 0.0425. The van der Waals surface area contributed by atoms with Gasteiger partial charge in [0.05, 0.1) is 7.11 Å². The number of ether oxygens (including phenoxy) is 2. The smallest absolute Gasteiger partial charge is 0.244 e. The van der Waals surface area contributed by atoms with Crippen LogP contribution in [0.1, 0.15) is 0 Å². The van der Waals surface area contributed by atoms with Gasteiger partial charge in [-0.05, 0) is 24.3 Å². The second kappa shape index (κ2) is 9.00. The van der Waals surface area contributed by atoms with Gasteiger partial charge in [-0.3, -0.25) is 0 Å². The van der Waals surface area contributed by atoms with Gasteiger partial charge in [-0.15, -0.1) is 15.3 Å². The van der Waals surface area contributed by atoms with Gasteiger partial charge in [-0.1, -0.05) is 46.3 Å². The first-order valence-electron chi connectivity index (χ1n) is 9.22. The number of aromatic nitrogens is 4. The Morgan fingerprint density at radius 2 is 1.87 bits per heavy atom. The molecular formula is C20H18BrN5O4S. The molecule has 4 aromatic rings. The number of rotatable bonds is 8. The second-order valence-electron chi connectivity index (χ2n) is 6.37. The predicted molar refractivity (Wildman–Crippen MR) is 118 cm³/mol. The van der Waals surface area contributed by atoms with Crippen LogP contribution in [0.4, 0.5) is 0 Å². The minimum atomic E-state index is -3.78. The van der Waals surface area contributed by atoms with Gasteiger partial charge in [0, 0.05) is 22.6 Å². The summed E-state index contributed by atoms with van der Waals surface area (Å²) in [5.41, 5.74) is 1.45. The normalized spacial score (nSPS) is 11.5. The van der Waals surface area contributed by atoms with E-state index in [1.54, 1.807) is 28.8 Å². The molecule has 2 heterocycles. The first-order chi connectivity index (χ1) is 15.0. The maximum atomic E-state index is 12.6. The lowest BCUT2D eigenvalue weighted by Gasteiger charge is -2.11. The quantitative estimate of drug-likeness (QED) is 0.368. The van der Waals surface area contributed by atoms with Gasteiger partial charge in [0.1, 0.15) is 17.3 Å². The van der Waals surface area contributed by atoms with E-state index in [4.69, 9.17) is 9.47 Å². The minimum absolute atomic E-state index is 0.0425. The molecule has 0 amide bonds. The van der Waals surface area contributed by atoms with Crippen molar-refractivity contribution in [1.29, 1.82) is 0 Å². The summed E-state index contributed by atoms with van der Waals surface area (Å²) in [6.07, 6.45) is 0. The zero-order valence-corrected chi connectivity index (χ0v) is 18.8. The van der Waals surface area contributed by atoms with E-state index in [0.717, 1.165) is 5.56 Å². The molecule has 9 nitrogen and oxygen atoms in total. The van der Waals surface area contributed by atoms with Gasteiger partial charge in [0.15, 0.2) is 11.5 Å². The van der Waals surface area contributed by atoms with E-state index in [2.05, 4.69) is 35.9 Å².